The van der Waals surface area contributed by atoms with Gasteiger partial charge in [-0.3, -0.25) is 0 Å². The van der Waals surface area contributed by atoms with Gasteiger partial charge in [-0.15, -0.1) is 0 Å². The lowest BCUT2D eigenvalue weighted by Crippen LogP contribution is -2.35. The van der Waals surface area contributed by atoms with Crippen LogP contribution in [0.5, 0.6) is 0 Å². The normalized spacial score (nSPS) is 27.9. The molecule has 2 atom stereocenters. The molecule has 1 heterocycles. The molecule has 0 amide bonds. The monoisotopic (exact) mass is 200 g/mol. The van der Waals surface area contributed by atoms with E-state index in [9.17, 15) is 0 Å². The molecule has 0 aliphatic carbocycles. The minimum Gasteiger partial charge on any atom is -0.377 e. The van der Waals surface area contributed by atoms with E-state index in [2.05, 4.69) is 38.3 Å². The van der Waals surface area contributed by atoms with Gasteiger partial charge in [0.05, 0.1) is 12.7 Å². The van der Waals surface area contributed by atoms with Gasteiger partial charge in [0.1, 0.15) is 0 Å². The molecule has 1 saturated heterocycles. The Morgan fingerprint density at radius 3 is 2.64 bits per heavy atom. The zero-order valence-electron chi connectivity index (χ0n) is 9.84. The summed E-state index contributed by atoms with van der Waals surface area (Å²) in [6.07, 6.45) is 1.53. The molecule has 3 heteroatoms. The molecule has 84 valence electrons. The van der Waals surface area contributed by atoms with E-state index >= 15 is 0 Å². The van der Waals surface area contributed by atoms with Crippen molar-refractivity contribution in [3.05, 3.63) is 0 Å². The third-order valence-electron chi connectivity index (χ3n) is 2.42. The Labute approximate surface area is 87.6 Å². The smallest absolute Gasteiger partial charge is 0.0623 e. The number of hydrogen-bond acceptors (Lipinski definition) is 3. The highest BCUT2D eigenvalue weighted by atomic mass is 16.5. The highest BCUT2D eigenvalue weighted by molar-refractivity contribution is 4.86. The molecule has 3 nitrogen and oxygen atoms in total. The van der Waals surface area contributed by atoms with Gasteiger partial charge in [-0.05, 0) is 20.3 Å². The summed E-state index contributed by atoms with van der Waals surface area (Å²) in [5, 5.41) is 7.02. The van der Waals surface area contributed by atoms with Crippen LogP contribution < -0.4 is 10.6 Å². The molecule has 0 aromatic carbocycles. The maximum absolute atomic E-state index is 5.59. The second kappa shape index (κ2) is 5.69. The molecule has 14 heavy (non-hydrogen) atoms. The van der Waals surface area contributed by atoms with Crippen LogP contribution in [0.15, 0.2) is 0 Å². The Balaban J connectivity index is 2.14. The summed E-state index contributed by atoms with van der Waals surface area (Å²) in [4.78, 5) is 0. The second-order valence-corrected chi connectivity index (χ2v) is 4.74. The summed E-state index contributed by atoms with van der Waals surface area (Å²) >= 11 is 0. The number of hydrogen-bond donors (Lipinski definition) is 2. The van der Waals surface area contributed by atoms with E-state index in [1.165, 1.54) is 6.42 Å². The number of rotatable bonds is 5. The van der Waals surface area contributed by atoms with Crippen molar-refractivity contribution < 1.29 is 4.74 Å². The van der Waals surface area contributed by atoms with Crippen molar-refractivity contribution in [3.8, 4) is 0 Å². The molecule has 0 aromatic rings. The Kier molecular flexibility index (Phi) is 4.85. The molecular formula is C11H24N2O. The SMILES string of the molecule is CC(C)N[C@@H]1CN[C@H](COC(C)C)C1. The van der Waals surface area contributed by atoms with Crippen molar-refractivity contribution in [2.75, 3.05) is 13.2 Å². The fourth-order valence-electron chi connectivity index (χ4n) is 1.85. The van der Waals surface area contributed by atoms with Crippen LogP contribution in [0.25, 0.3) is 0 Å². The van der Waals surface area contributed by atoms with E-state index in [0.717, 1.165) is 13.2 Å². The highest BCUT2D eigenvalue weighted by Gasteiger charge is 2.24. The topological polar surface area (TPSA) is 33.3 Å². The maximum Gasteiger partial charge on any atom is 0.0623 e. The predicted octanol–water partition coefficient (Wildman–Crippen LogP) is 1.14. The third-order valence-corrected chi connectivity index (χ3v) is 2.42. The van der Waals surface area contributed by atoms with Crippen molar-refractivity contribution in [3.63, 3.8) is 0 Å². The van der Waals surface area contributed by atoms with E-state index in [-0.39, 0.29) is 0 Å². The average molecular weight is 200 g/mol. The largest absolute Gasteiger partial charge is 0.377 e. The van der Waals surface area contributed by atoms with Gasteiger partial charge in [0, 0.05) is 24.7 Å². The molecule has 0 aromatic heterocycles. The molecule has 0 spiro atoms. The fourth-order valence-corrected chi connectivity index (χ4v) is 1.85. The van der Waals surface area contributed by atoms with Gasteiger partial charge in [-0.2, -0.15) is 0 Å². The van der Waals surface area contributed by atoms with Gasteiger partial charge in [0.2, 0.25) is 0 Å². The zero-order chi connectivity index (χ0) is 10.6. The number of nitrogens with one attached hydrogen (secondary N) is 2. The second-order valence-electron chi connectivity index (χ2n) is 4.74. The Morgan fingerprint density at radius 1 is 1.36 bits per heavy atom. The van der Waals surface area contributed by atoms with Crippen LogP contribution in [0.3, 0.4) is 0 Å². The molecule has 1 aliphatic rings. The minimum atomic E-state index is 0.342. The molecule has 1 rings (SSSR count). The molecule has 0 unspecified atom stereocenters. The fraction of sp³-hybridized carbons (Fsp3) is 1.00. The van der Waals surface area contributed by atoms with Crippen molar-refractivity contribution in [2.24, 2.45) is 0 Å². The van der Waals surface area contributed by atoms with Crippen LogP contribution in [0, 0.1) is 0 Å². The Hall–Kier alpha value is -0.120. The van der Waals surface area contributed by atoms with E-state index in [1.807, 2.05) is 0 Å². The molecule has 2 N–H and O–H groups in total. The van der Waals surface area contributed by atoms with Crippen LogP contribution in [-0.2, 0) is 4.74 Å². The molecule has 1 aliphatic heterocycles. The van der Waals surface area contributed by atoms with Crippen LogP contribution >= 0.6 is 0 Å². The Morgan fingerprint density at radius 2 is 2.07 bits per heavy atom. The molecule has 1 fully saturated rings. The minimum absolute atomic E-state index is 0.342. The van der Waals surface area contributed by atoms with Gasteiger partial charge in [-0.1, -0.05) is 13.8 Å². The lowest BCUT2D eigenvalue weighted by molar-refractivity contribution is 0.0645. The molecule has 0 bridgehead atoms. The van der Waals surface area contributed by atoms with Gasteiger partial charge < -0.3 is 15.4 Å². The van der Waals surface area contributed by atoms with Crippen molar-refractivity contribution >= 4 is 0 Å². The standard InChI is InChI=1S/C11H24N2O/c1-8(2)13-10-5-11(12-6-10)7-14-9(3)4/h8-13H,5-7H2,1-4H3/t10-,11-/m0/s1. The lowest BCUT2D eigenvalue weighted by Gasteiger charge is -2.15. The zero-order valence-corrected chi connectivity index (χ0v) is 9.84. The Bertz CT molecular complexity index is 159. The van der Waals surface area contributed by atoms with E-state index in [1.54, 1.807) is 0 Å². The average Bonchev–Trinajstić information content (AvgIpc) is 2.47. The van der Waals surface area contributed by atoms with Crippen molar-refractivity contribution in [1.82, 2.24) is 10.6 Å². The van der Waals surface area contributed by atoms with E-state index in [4.69, 9.17) is 4.74 Å². The first kappa shape index (κ1) is 12.0. The van der Waals surface area contributed by atoms with Gasteiger partial charge in [-0.25, -0.2) is 0 Å². The van der Waals surface area contributed by atoms with E-state index in [0.29, 0.717) is 24.2 Å². The summed E-state index contributed by atoms with van der Waals surface area (Å²) in [7, 11) is 0. The van der Waals surface area contributed by atoms with Crippen molar-refractivity contribution in [1.29, 1.82) is 0 Å². The van der Waals surface area contributed by atoms with Crippen LogP contribution in [0.2, 0.25) is 0 Å². The van der Waals surface area contributed by atoms with Gasteiger partial charge in [0.15, 0.2) is 0 Å². The first-order valence-electron chi connectivity index (χ1n) is 5.69. The van der Waals surface area contributed by atoms with Crippen LogP contribution in [-0.4, -0.2) is 37.4 Å². The predicted molar refractivity (Wildman–Crippen MR) is 59.6 cm³/mol. The van der Waals surface area contributed by atoms with Crippen molar-refractivity contribution in [2.45, 2.75) is 58.3 Å². The summed E-state index contributed by atoms with van der Waals surface area (Å²) < 4.78 is 5.59. The van der Waals surface area contributed by atoms with Gasteiger partial charge in [0.25, 0.3) is 0 Å². The summed E-state index contributed by atoms with van der Waals surface area (Å²) in [6, 6.07) is 1.73. The number of ether oxygens (including phenoxy) is 1. The summed E-state index contributed by atoms with van der Waals surface area (Å²) in [6.45, 7) is 10.5. The highest BCUT2D eigenvalue weighted by Crippen LogP contribution is 2.08. The third kappa shape index (κ3) is 4.40. The van der Waals surface area contributed by atoms with Gasteiger partial charge >= 0.3 is 0 Å². The van der Waals surface area contributed by atoms with Crippen LogP contribution in [0.1, 0.15) is 34.1 Å². The first-order valence-corrected chi connectivity index (χ1v) is 5.69. The quantitative estimate of drug-likeness (QED) is 0.698. The lowest BCUT2D eigenvalue weighted by atomic mass is 10.1. The molecule has 0 saturated carbocycles. The van der Waals surface area contributed by atoms with Crippen LogP contribution in [0.4, 0.5) is 0 Å². The molecule has 0 radical (unpaired) electrons. The summed E-state index contributed by atoms with van der Waals surface area (Å²) in [5.74, 6) is 0. The molecular weight excluding hydrogens is 176 g/mol. The maximum atomic E-state index is 5.59. The summed E-state index contributed by atoms with van der Waals surface area (Å²) in [5.41, 5.74) is 0. The first-order chi connectivity index (χ1) is 6.58. The van der Waals surface area contributed by atoms with E-state index < -0.39 is 0 Å².